The van der Waals surface area contributed by atoms with Gasteiger partial charge in [0.2, 0.25) is 0 Å². The number of esters is 2. The van der Waals surface area contributed by atoms with Crippen molar-refractivity contribution in [3.05, 3.63) is 40.3 Å². The van der Waals surface area contributed by atoms with Crippen LogP contribution >= 0.6 is 11.6 Å². The van der Waals surface area contributed by atoms with Crippen molar-refractivity contribution in [2.24, 2.45) is 14.1 Å². The number of alkyl halides is 1. The summed E-state index contributed by atoms with van der Waals surface area (Å²) in [5, 5.41) is 5.54. The molecule has 0 bridgehead atoms. The zero-order valence-corrected chi connectivity index (χ0v) is 19.6. The highest BCUT2D eigenvalue weighted by atomic mass is 35.5. The van der Waals surface area contributed by atoms with Gasteiger partial charge in [-0.15, -0.1) is 11.6 Å². The lowest BCUT2D eigenvalue weighted by Crippen LogP contribution is -2.11. The van der Waals surface area contributed by atoms with Gasteiger partial charge in [-0.1, -0.05) is 12.1 Å². The molecule has 2 aromatic heterocycles. The highest BCUT2D eigenvalue weighted by Gasteiger charge is 2.26. The second kappa shape index (κ2) is 9.14. The number of carbonyl (C=O) groups excluding carboxylic acids is 2. The number of aromatic nitrogens is 3. The van der Waals surface area contributed by atoms with Crippen molar-refractivity contribution in [2.75, 3.05) is 13.7 Å². The lowest BCUT2D eigenvalue weighted by atomic mass is 9.94. The van der Waals surface area contributed by atoms with E-state index < -0.39 is 5.97 Å². The van der Waals surface area contributed by atoms with E-state index in [0.29, 0.717) is 31.0 Å². The fourth-order valence-corrected chi connectivity index (χ4v) is 4.61. The van der Waals surface area contributed by atoms with Crippen LogP contribution in [0.4, 0.5) is 0 Å². The first-order chi connectivity index (χ1) is 14.7. The third-order valence-electron chi connectivity index (χ3n) is 5.64. The van der Waals surface area contributed by atoms with E-state index in [1.807, 2.05) is 38.6 Å². The Bertz CT molecular complexity index is 1160. The maximum absolute atomic E-state index is 12.7. The van der Waals surface area contributed by atoms with Gasteiger partial charge in [0.15, 0.2) is 0 Å². The SMILES string of the molecule is COC(=O)c1c(CCCOC(C)=O)c2ccc(C)c(-c3c(C)nn(C)c3CCl)c2n1C. The third-order valence-corrected chi connectivity index (χ3v) is 5.89. The highest BCUT2D eigenvalue weighted by Crippen LogP contribution is 2.40. The Labute approximate surface area is 186 Å². The standard InChI is InChI=1S/C23H28ClN3O4/c1-13-9-10-17-16(8-7-11-31-15(3)28)22(23(29)30-6)26(4)21(17)19(13)20-14(2)25-27(5)18(20)12-24/h9-10H,7-8,11-12H2,1-6H3. The molecule has 0 aliphatic rings. The normalized spacial score (nSPS) is 11.2. The number of benzene rings is 1. The topological polar surface area (TPSA) is 75.4 Å². The monoisotopic (exact) mass is 445 g/mol. The molecule has 2 heterocycles. The molecular formula is C23H28ClN3O4. The predicted octanol–water partition coefficient (Wildman–Crippen LogP) is 4.22. The minimum atomic E-state index is -0.398. The average molecular weight is 446 g/mol. The van der Waals surface area contributed by atoms with Crippen LogP contribution in [0.25, 0.3) is 22.0 Å². The maximum atomic E-state index is 12.7. The maximum Gasteiger partial charge on any atom is 0.354 e. The van der Waals surface area contributed by atoms with Crippen molar-refractivity contribution in [3.63, 3.8) is 0 Å². The minimum Gasteiger partial charge on any atom is -0.466 e. The summed E-state index contributed by atoms with van der Waals surface area (Å²) in [6, 6.07) is 4.09. The summed E-state index contributed by atoms with van der Waals surface area (Å²) < 4.78 is 13.9. The van der Waals surface area contributed by atoms with Gasteiger partial charge in [0.25, 0.3) is 0 Å². The van der Waals surface area contributed by atoms with Crippen LogP contribution in [0.1, 0.15) is 46.3 Å². The Balaban J connectivity index is 2.28. The molecule has 0 saturated carbocycles. The highest BCUT2D eigenvalue weighted by molar-refractivity contribution is 6.17. The number of hydrogen-bond donors (Lipinski definition) is 0. The second-order valence-electron chi connectivity index (χ2n) is 7.64. The molecule has 0 aliphatic heterocycles. The van der Waals surface area contributed by atoms with E-state index in [4.69, 9.17) is 21.1 Å². The Hall–Kier alpha value is -2.80. The number of methoxy groups -OCH3 is 1. The fourth-order valence-electron chi connectivity index (χ4n) is 4.30. The van der Waals surface area contributed by atoms with Crippen LogP contribution in [0.5, 0.6) is 0 Å². The largest absolute Gasteiger partial charge is 0.466 e. The number of nitrogens with zero attached hydrogens (tertiary/aromatic N) is 3. The molecule has 0 unspecified atom stereocenters. The molecule has 31 heavy (non-hydrogen) atoms. The average Bonchev–Trinajstić information content (AvgIpc) is 3.17. The minimum absolute atomic E-state index is 0.295. The second-order valence-corrected chi connectivity index (χ2v) is 7.91. The number of hydrogen-bond acceptors (Lipinski definition) is 5. The van der Waals surface area contributed by atoms with E-state index in [-0.39, 0.29) is 5.97 Å². The molecule has 7 nitrogen and oxygen atoms in total. The molecule has 3 rings (SSSR count). The van der Waals surface area contributed by atoms with Gasteiger partial charge < -0.3 is 14.0 Å². The first-order valence-corrected chi connectivity index (χ1v) is 10.7. The van der Waals surface area contributed by atoms with E-state index >= 15 is 0 Å². The van der Waals surface area contributed by atoms with Crippen LogP contribution in [0.3, 0.4) is 0 Å². The summed E-state index contributed by atoms with van der Waals surface area (Å²) in [6.45, 7) is 5.69. The molecule has 166 valence electrons. The van der Waals surface area contributed by atoms with Gasteiger partial charge in [-0.2, -0.15) is 5.10 Å². The van der Waals surface area contributed by atoms with Gasteiger partial charge in [-0.3, -0.25) is 9.48 Å². The molecule has 0 aliphatic carbocycles. The van der Waals surface area contributed by atoms with Gasteiger partial charge in [0.05, 0.1) is 36.5 Å². The third kappa shape index (κ3) is 4.06. The Morgan fingerprint density at radius 1 is 1.16 bits per heavy atom. The molecule has 0 atom stereocenters. The van der Waals surface area contributed by atoms with Crippen LogP contribution in [0.15, 0.2) is 12.1 Å². The molecule has 0 radical (unpaired) electrons. The number of aryl methyl sites for hydroxylation is 5. The van der Waals surface area contributed by atoms with E-state index in [1.54, 1.807) is 4.68 Å². The van der Waals surface area contributed by atoms with Crippen molar-refractivity contribution >= 4 is 34.4 Å². The number of rotatable bonds is 7. The molecule has 0 N–H and O–H groups in total. The van der Waals surface area contributed by atoms with Crippen LogP contribution < -0.4 is 0 Å². The first kappa shape index (κ1) is 22.9. The Morgan fingerprint density at radius 3 is 2.48 bits per heavy atom. The van der Waals surface area contributed by atoms with Crippen LogP contribution in [0, 0.1) is 13.8 Å². The van der Waals surface area contributed by atoms with Crippen molar-refractivity contribution < 1.29 is 19.1 Å². The number of ether oxygens (including phenoxy) is 2. The molecule has 0 amide bonds. The fraction of sp³-hybridized carbons (Fsp3) is 0.435. The molecule has 8 heteroatoms. The summed E-state index contributed by atoms with van der Waals surface area (Å²) in [6.07, 6.45) is 1.18. The van der Waals surface area contributed by atoms with Gasteiger partial charge in [-0.05, 0) is 37.8 Å². The van der Waals surface area contributed by atoms with Crippen molar-refractivity contribution in [1.82, 2.24) is 14.3 Å². The quantitative estimate of drug-likeness (QED) is 0.309. The summed E-state index contributed by atoms with van der Waals surface area (Å²) in [5.41, 5.74) is 7.19. The summed E-state index contributed by atoms with van der Waals surface area (Å²) >= 11 is 6.28. The Morgan fingerprint density at radius 2 is 1.87 bits per heavy atom. The lowest BCUT2D eigenvalue weighted by Gasteiger charge is -2.12. The zero-order valence-electron chi connectivity index (χ0n) is 18.8. The number of halogens is 1. The summed E-state index contributed by atoms with van der Waals surface area (Å²) in [5.74, 6) is -0.388. The Kier molecular flexibility index (Phi) is 6.74. The van der Waals surface area contributed by atoms with Crippen molar-refractivity contribution in [3.8, 4) is 11.1 Å². The van der Waals surface area contributed by atoms with Crippen LogP contribution in [-0.4, -0.2) is 40.0 Å². The van der Waals surface area contributed by atoms with Gasteiger partial charge in [-0.25, -0.2) is 4.79 Å². The first-order valence-electron chi connectivity index (χ1n) is 10.1. The summed E-state index contributed by atoms with van der Waals surface area (Å²) in [4.78, 5) is 23.8. The van der Waals surface area contributed by atoms with E-state index in [0.717, 1.165) is 44.5 Å². The predicted molar refractivity (Wildman–Crippen MR) is 120 cm³/mol. The molecule has 1 aromatic carbocycles. The molecular weight excluding hydrogens is 418 g/mol. The molecule has 0 saturated heterocycles. The molecule has 3 aromatic rings. The van der Waals surface area contributed by atoms with Crippen LogP contribution in [0.2, 0.25) is 0 Å². The molecule has 0 spiro atoms. The molecule has 0 fully saturated rings. The lowest BCUT2D eigenvalue weighted by molar-refractivity contribution is -0.141. The van der Waals surface area contributed by atoms with E-state index in [2.05, 4.69) is 11.2 Å². The number of fused-ring (bicyclic) bond motifs is 1. The van der Waals surface area contributed by atoms with Crippen LogP contribution in [-0.2, 0) is 40.7 Å². The smallest absolute Gasteiger partial charge is 0.354 e. The van der Waals surface area contributed by atoms with E-state index in [1.165, 1.54) is 14.0 Å². The van der Waals surface area contributed by atoms with Crippen molar-refractivity contribution in [1.29, 1.82) is 0 Å². The zero-order chi connectivity index (χ0) is 22.9. The van der Waals surface area contributed by atoms with Gasteiger partial charge >= 0.3 is 11.9 Å². The van der Waals surface area contributed by atoms with Crippen molar-refractivity contribution in [2.45, 2.75) is 39.5 Å². The van der Waals surface area contributed by atoms with Gasteiger partial charge in [0, 0.05) is 37.5 Å². The summed E-state index contributed by atoms with van der Waals surface area (Å²) in [7, 11) is 5.14. The van der Waals surface area contributed by atoms with Gasteiger partial charge in [0.1, 0.15) is 5.69 Å². The van der Waals surface area contributed by atoms with E-state index in [9.17, 15) is 9.59 Å². The number of carbonyl (C=O) groups is 2.